The zero-order valence-electron chi connectivity index (χ0n) is 2.07. The Kier molecular flexibility index (Phi) is 8.48. The molecule has 0 aromatic rings. The van der Waals surface area contributed by atoms with E-state index in [4.69, 9.17) is 5.11 Å². The molecule has 0 amide bonds. The van der Waals surface area contributed by atoms with Gasteiger partial charge in [0.05, 0.1) is 0 Å². The van der Waals surface area contributed by atoms with Gasteiger partial charge in [-0.05, 0) is 0 Å². The van der Waals surface area contributed by atoms with Crippen LogP contribution in [0.3, 0.4) is 0 Å². The molecule has 1 N–H and O–H groups in total. The molecule has 4 heteroatoms. The summed E-state index contributed by atoms with van der Waals surface area (Å²) in [4.78, 5) is 0. The predicted octanol–water partition coefficient (Wildman–Crippen LogP) is 0.374. The molecule has 0 aliphatic rings. The average Bonchev–Trinajstić information content (AvgIpc) is 0.811. The van der Waals surface area contributed by atoms with Crippen LogP contribution in [0.25, 0.3) is 0 Å². The van der Waals surface area contributed by atoms with Crippen LogP contribution in [0.4, 0.5) is 0 Å². The average molecular weight is 157 g/mol. The zero-order chi connectivity index (χ0) is 3.58. The molecule has 0 fully saturated rings. The molecule has 0 aliphatic carbocycles. The first-order chi connectivity index (χ1) is 1.73. The number of aliphatic hydroxyl groups excluding tert-OH is 1. The summed E-state index contributed by atoms with van der Waals surface area (Å²) < 4.78 is -0.417. The molecule has 0 spiro atoms. The molecule has 0 rings (SSSR count). The van der Waals surface area contributed by atoms with Crippen LogP contribution in [-0.4, -0.2) is 9.49 Å². The Bertz CT molecular complexity index is 32.6. The van der Waals surface area contributed by atoms with Gasteiger partial charge in [0, 0.05) is 4.38 Å². The van der Waals surface area contributed by atoms with Crippen LogP contribution in [0.1, 0.15) is 0 Å². The van der Waals surface area contributed by atoms with Crippen molar-refractivity contribution in [1.29, 1.82) is 0 Å². The van der Waals surface area contributed by atoms with Gasteiger partial charge in [0.25, 0.3) is 0 Å². The summed E-state index contributed by atoms with van der Waals surface area (Å²) in [5.41, 5.74) is 0. The minimum absolute atomic E-state index is 0. The Morgan fingerprint density at radius 1 is 1.80 bits per heavy atom. The van der Waals surface area contributed by atoms with E-state index >= 15 is 0 Å². The van der Waals surface area contributed by atoms with Crippen LogP contribution in [0.15, 0.2) is 0 Å². The first-order valence-corrected chi connectivity index (χ1v) is 1.45. The predicted molar refractivity (Wildman–Crippen MR) is 22.6 cm³/mol. The van der Waals surface area contributed by atoms with Gasteiger partial charge in [-0.1, -0.05) is 0 Å². The van der Waals surface area contributed by atoms with Gasteiger partial charge in [0.15, 0.2) is 0 Å². The molecule has 0 bridgehead atoms. The summed E-state index contributed by atoms with van der Waals surface area (Å²) in [5, 5.41) is 7.60. The first kappa shape index (κ1) is 9.16. The maximum absolute atomic E-state index is 7.60. The van der Waals surface area contributed by atoms with Crippen molar-refractivity contribution in [2.24, 2.45) is 0 Å². The van der Waals surface area contributed by atoms with E-state index in [9.17, 15) is 0 Å². The summed E-state index contributed by atoms with van der Waals surface area (Å²) in [6.07, 6.45) is 0. The van der Waals surface area contributed by atoms with Gasteiger partial charge in [-0.3, -0.25) is 0 Å². The normalized spacial score (nSPS) is 4.80. The molecule has 1 nitrogen and oxygen atoms in total. The van der Waals surface area contributed by atoms with E-state index in [-0.39, 0.29) is 17.1 Å². The van der Waals surface area contributed by atoms with Gasteiger partial charge < -0.3 is 30.0 Å². The minimum Gasteiger partial charge on any atom is -0.528 e. The fourth-order valence-electron chi connectivity index (χ4n) is 0. The Hall–Kier alpha value is 0.629. The molecule has 0 unspecified atom stereocenters. The summed E-state index contributed by atoms with van der Waals surface area (Å²) >= 11 is 7.81. The topological polar surface area (TPSA) is 20.2 Å². The van der Waals surface area contributed by atoms with Crippen molar-refractivity contribution in [2.45, 2.75) is 0 Å². The third kappa shape index (κ3) is 80.8. The van der Waals surface area contributed by atoms with E-state index in [1.807, 2.05) is 0 Å². The molecule has 0 saturated heterocycles. The van der Waals surface area contributed by atoms with Crippen molar-refractivity contribution in [1.82, 2.24) is 0 Å². The fourth-order valence-corrected chi connectivity index (χ4v) is 0. The number of thiocarbonyl (C=S) groups is 1. The largest absolute Gasteiger partial charge is 1.00 e. The van der Waals surface area contributed by atoms with Gasteiger partial charge in [-0.2, -0.15) is 0 Å². The maximum atomic E-state index is 7.60. The number of hydrogen-bond donors (Lipinski definition) is 1. The van der Waals surface area contributed by atoms with Crippen molar-refractivity contribution >= 4 is 29.2 Å². The summed E-state index contributed by atoms with van der Waals surface area (Å²) in [6, 6.07) is 0. The Labute approximate surface area is 51.6 Å². The number of aliphatic hydroxyl groups is 1. The maximum Gasteiger partial charge on any atom is 1.00 e. The van der Waals surface area contributed by atoms with E-state index in [1.54, 1.807) is 0 Å². The molecule has 0 saturated carbocycles. The van der Waals surface area contributed by atoms with Crippen molar-refractivity contribution < 1.29 is 22.2 Å². The van der Waals surface area contributed by atoms with Gasteiger partial charge in [0.1, 0.15) is 0 Å². The summed E-state index contributed by atoms with van der Waals surface area (Å²) in [5.74, 6) is 0. The van der Waals surface area contributed by atoms with E-state index < -0.39 is 4.38 Å². The number of rotatable bonds is 0. The Morgan fingerprint density at radius 3 is 1.80 bits per heavy atom. The monoisotopic (exact) mass is 156 g/mol. The Balaban J connectivity index is 0. The molecule has 34 valence electrons. The standard InChI is InChI=1S/CH2OS2.Cu/c2-1(3)4;/h(H2,2,3,4);/q;+1/p-1. The minimum atomic E-state index is -0.417. The summed E-state index contributed by atoms with van der Waals surface area (Å²) in [6.45, 7) is 0. The van der Waals surface area contributed by atoms with Crippen molar-refractivity contribution in [3.63, 3.8) is 0 Å². The second kappa shape index (κ2) is 4.63. The van der Waals surface area contributed by atoms with Crippen LogP contribution < -0.4 is 0 Å². The number of hydrogen-bond acceptors (Lipinski definition) is 2. The zero-order valence-corrected chi connectivity index (χ0v) is 4.64. The molecule has 0 heterocycles. The van der Waals surface area contributed by atoms with E-state index in [1.165, 1.54) is 0 Å². The van der Waals surface area contributed by atoms with Crippen molar-refractivity contribution in [2.75, 3.05) is 0 Å². The van der Waals surface area contributed by atoms with Crippen molar-refractivity contribution in [3.8, 4) is 0 Å². The van der Waals surface area contributed by atoms with Gasteiger partial charge in [0.2, 0.25) is 0 Å². The van der Waals surface area contributed by atoms with E-state index in [0.717, 1.165) is 0 Å². The molecule has 0 atom stereocenters. The van der Waals surface area contributed by atoms with E-state index in [2.05, 4.69) is 24.8 Å². The first-order valence-electron chi connectivity index (χ1n) is 0.632. The van der Waals surface area contributed by atoms with Crippen LogP contribution >= 0.6 is 12.2 Å². The molecular formula is CHCuOS2. The van der Waals surface area contributed by atoms with Crippen molar-refractivity contribution in [3.05, 3.63) is 0 Å². The smallest absolute Gasteiger partial charge is 0.528 e. The van der Waals surface area contributed by atoms with Crippen LogP contribution in [-0.2, 0) is 29.7 Å². The Morgan fingerprint density at radius 2 is 1.80 bits per heavy atom. The van der Waals surface area contributed by atoms with Gasteiger partial charge >= 0.3 is 17.1 Å². The van der Waals surface area contributed by atoms with Crippen LogP contribution in [0.5, 0.6) is 0 Å². The molecule has 0 aromatic carbocycles. The molecule has 0 radical (unpaired) electrons. The quantitative estimate of drug-likeness (QED) is 0.311. The van der Waals surface area contributed by atoms with E-state index in [0.29, 0.717) is 0 Å². The second-order valence-corrected chi connectivity index (χ2v) is 1.30. The summed E-state index contributed by atoms with van der Waals surface area (Å²) in [7, 11) is 0. The molecule has 0 aliphatic heterocycles. The molecular weight excluding hydrogens is 156 g/mol. The van der Waals surface area contributed by atoms with Crippen LogP contribution in [0.2, 0.25) is 0 Å². The van der Waals surface area contributed by atoms with Gasteiger partial charge in [-0.25, -0.2) is 0 Å². The third-order valence-corrected chi connectivity index (χ3v) is 0. The molecule has 0 aromatic heterocycles. The second-order valence-electron chi connectivity index (χ2n) is 0.266. The fraction of sp³-hybridized carbons (Fsp3) is 0. The van der Waals surface area contributed by atoms with Gasteiger partial charge in [-0.15, -0.1) is 0 Å². The molecule has 5 heavy (non-hydrogen) atoms. The SMILES string of the molecule is OC(=S)[S-].[Cu+]. The third-order valence-electron chi connectivity index (χ3n) is 0. The van der Waals surface area contributed by atoms with Crippen LogP contribution in [0, 0.1) is 0 Å².